The molecule has 0 amide bonds. The molecule has 0 saturated heterocycles. The lowest BCUT2D eigenvalue weighted by Gasteiger charge is -2.09. The van der Waals surface area contributed by atoms with Gasteiger partial charge in [0.25, 0.3) is 5.69 Å². The first-order valence-electron chi connectivity index (χ1n) is 6.21. The van der Waals surface area contributed by atoms with Crippen LogP contribution in [0.2, 0.25) is 0 Å². The highest BCUT2D eigenvalue weighted by Gasteiger charge is 2.09. The molecule has 0 fully saturated rings. The van der Waals surface area contributed by atoms with E-state index in [1.165, 1.54) is 30.3 Å². The number of nitrogens with zero attached hydrogens (tertiary/aromatic N) is 1. The summed E-state index contributed by atoms with van der Waals surface area (Å²) in [5, 5.41) is 10.5. The minimum atomic E-state index is -0.594. The van der Waals surface area contributed by atoms with E-state index in [9.17, 15) is 19.3 Å². The maximum Gasteiger partial charge on any atom is 0.269 e. The van der Waals surface area contributed by atoms with E-state index in [4.69, 9.17) is 4.74 Å². The molecule has 0 radical (unpaired) electrons. The van der Waals surface area contributed by atoms with Crippen molar-refractivity contribution in [2.24, 2.45) is 0 Å². The lowest BCUT2D eigenvalue weighted by molar-refractivity contribution is -0.384. The Bertz CT molecular complexity index is 655. The molecule has 0 spiro atoms. The van der Waals surface area contributed by atoms with Crippen LogP contribution in [0.15, 0.2) is 42.5 Å². The fraction of sp³-hybridized carbons (Fsp3) is 0.133. The second-order valence-electron chi connectivity index (χ2n) is 4.30. The zero-order valence-corrected chi connectivity index (χ0v) is 11.0. The standard InChI is InChI=1S/C15H12FNO4/c16-14-3-1-2-12(10-18)15(14)21-9-8-11-4-6-13(7-5-11)17(19)20/h1-7,10H,8-9H2. The Balaban J connectivity index is 1.98. The predicted octanol–water partition coefficient (Wildman–Crippen LogP) is 3.17. The van der Waals surface area contributed by atoms with Crippen LogP contribution in [0.1, 0.15) is 15.9 Å². The number of benzene rings is 2. The van der Waals surface area contributed by atoms with E-state index in [1.54, 1.807) is 12.1 Å². The number of rotatable bonds is 6. The van der Waals surface area contributed by atoms with E-state index in [1.807, 2.05) is 0 Å². The molecule has 0 aliphatic carbocycles. The van der Waals surface area contributed by atoms with Gasteiger partial charge >= 0.3 is 0 Å². The molecule has 5 nitrogen and oxygen atoms in total. The van der Waals surface area contributed by atoms with Crippen molar-refractivity contribution >= 4 is 12.0 Å². The zero-order chi connectivity index (χ0) is 15.2. The summed E-state index contributed by atoms with van der Waals surface area (Å²) in [7, 11) is 0. The van der Waals surface area contributed by atoms with Gasteiger partial charge < -0.3 is 4.74 Å². The molecular weight excluding hydrogens is 277 g/mol. The lowest BCUT2D eigenvalue weighted by atomic mass is 10.1. The molecule has 0 bridgehead atoms. The molecule has 2 aromatic carbocycles. The van der Waals surface area contributed by atoms with Crippen molar-refractivity contribution in [1.29, 1.82) is 0 Å². The van der Waals surface area contributed by atoms with Gasteiger partial charge in [0, 0.05) is 18.6 Å². The van der Waals surface area contributed by atoms with E-state index in [0.717, 1.165) is 5.56 Å². The number of carbonyl (C=O) groups is 1. The van der Waals surface area contributed by atoms with Crippen LogP contribution in [-0.4, -0.2) is 17.8 Å². The molecular formula is C15H12FNO4. The van der Waals surface area contributed by atoms with Gasteiger partial charge in [0.05, 0.1) is 17.1 Å². The molecule has 0 unspecified atom stereocenters. The number of ether oxygens (including phenoxy) is 1. The molecule has 0 atom stereocenters. The van der Waals surface area contributed by atoms with Crippen molar-refractivity contribution in [3.63, 3.8) is 0 Å². The SMILES string of the molecule is O=Cc1cccc(F)c1OCCc1ccc([N+](=O)[O-])cc1. The molecule has 6 heteroatoms. The molecule has 0 aromatic heterocycles. The number of hydrogen-bond acceptors (Lipinski definition) is 4. The Labute approximate surface area is 120 Å². The van der Waals surface area contributed by atoms with Gasteiger partial charge in [-0.15, -0.1) is 0 Å². The average molecular weight is 289 g/mol. The van der Waals surface area contributed by atoms with Crippen LogP contribution in [0, 0.1) is 15.9 Å². The Hall–Kier alpha value is -2.76. The summed E-state index contributed by atoms with van der Waals surface area (Å²) in [5.74, 6) is -0.669. The molecule has 0 aliphatic heterocycles. The van der Waals surface area contributed by atoms with Gasteiger partial charge in [0.2, 0.25) is 0 Å². The summed E-state index contributed by atoms with van der Waals surface area (Å²) in [6.07, 6.45) is 0.981. The van der Waals surface area contributed by atoms with Gasteiger partial charge in [0.15, 0.2) is 17.9 Å². The molecule has 0 aliphatic rings. The van der Waals surface area contributed by atoms with Gasteiger partial charge in [0.1, 0.15) is 0 Å². The maximum absolute atomic E-state index is 13.5. The van der Waals surface area contributed by atoms with Crippen molar-refractivity contribution in [3.05, 3.63) is 69.5 Å². The number of para-hydroxylation sites is 1. The van der Waals surface area contributed by atoms with Crippen LogP contribution in [0.3, 0.4) is 0 Å². The molecule has 0 heterocycles. The second kappa shape index (κ2) is 6.60. The number of hydrogen-bond donors (Lipinski definition) is 0. The molecule has 2 rings (SSSR count). The van der Waals surface area contributed by atoms with Crippen molar-refractivity contribution in [2.45, 2.75) is 6.42 Å². The summed E-state index contributed by atoms with van der Waals surface area (Å²) >= 11 is 0. The zero-order valence-electron chi connectivity index (χ0n) is 11.0. The molecule has 108 valence electrons. The normalized spacial score (nSPS) is 10.1. The Kier molecular flexibility index (Phi) is 4.61. The summed E-state index contributed by atoms with van der Waals surface area (Å²) in [4.78, 5) is 20.9. The van der Waals surface area contributed by atoms with E-state index < -0.39 is 10.7 Å². The predicted molar refractivity (Wildman–Crippen MR) is 74.1 cm³/mol. The molecule has 21 heavy (non-hydrogen) atoms. The smallest absolute Gasteiger partial charge is 0.269 e. The van der Waals surface area contributed by atoms with E-state index in [-0.39, 0.29) is 23.6 Å². The highest BCUT2D eigenvalue weighted by Crippen LogP contribution is 2.21. The lowest BCUT2D eigenvalue weighted by Crippen LogP contribution is -2.05. The highest BCUT2D eigenvalue weighted by atomic mass is 19.1. The first-order chi connectivity index (χ1) is 10.1. The summed E-state index contributed by atoms with van der Waals surface area (Å²) in [5.41, 5.74) is 0.986. The van der Waals surface area contributed by atoms with Crippen LogP contribution in [-0.2, 0) is 6.42 Å². The first kappa shape index (κ1) is 14.6. The van der Waals surface area contributed by atoms with Gasteiger partial charge in [-0.25, -0.2) is 4.39 Å². The fourth-order valence-electron chi connectivity index (χ4n) is 1.83. The largest absolute Gasteiger partial charge is 0.489 e. The van der Waals surface area contributed by atoms with Gasteiger partial charge in [-0.3, -0.25) is 14.9 Å². The van der Waals surface area contributed by atoms with E-state index >= 15 is 0 Å². The number of nitro benzene ring substituents is 1. The quantitative estimate of drug-likeness (QED) is 0.465. The Morgan fingerprint density at radius 2 is 1.90 bits per heavy atom. The van der Waals surface area contributed by atoms with Crippen molar-refractivity contribution in [3.8, 4) is 5.75 Å². The maximum atomic E-state index is 13.5. The number of aldehydes is 1. The van der Waals surface area contributed by atoms with Crippen molar-refractivity contribution in [1.82, 2.24) is 0 Å². The topological polar surface area (TPSA) is 69.4 Å². The third-order valence-corrected chi connectivity index (χ3v) is 2.91. The van der Waals surface area contributed by atoms with Crippen LogP contribution in [0.25, 0.3) is 0 Å². The molecule has 2 aromatic rings. The molecule has 0 saturated carbocycles. The number of non-ortho nitro benzene ring substituents is 1. The average Bonchev–Trinajstić information content (AvgIpc) is 2.49. The van der Waals surface area contributed by atoms with Crippen LogP contribution < -0.4 is 4.74 Å². The summed E-state index contributed by atoms with van der Waals surface area (Å²) in [6, 6.07) is 10.1. The third kappa shape index (κ3) is 3.62. The van der Waals surface area contributed by atoms with Gasteiger partial charge in [-0.2, -0.15) is 0 Å². The van der Waals surface area contributed by atoms with Gasteiger partial charge in [-0.1, -0.05) is 18.2 Å². The summed E-state index contributed by atoms with van der Waals surface area (Å²) < 4.78 is 18.8. The van der Waals surface area contributed by atoms with Crippen molar-refractivity contribution < 1.29 is 18.8 Å². The van der Waals surface area contributed by atoms with Crippen molar-refractivity contribution in [2.75, 3.05) is 6.61 Å². The monoisotopic (exact) mass is 289 g/mol. The van der Waals surface area contributed by atoms with Crippen LogP contribution >= 0.6 is 0 Å². The highest BCUT2D eigenvalue weighted by molar-refractivity contribution is 5.79. The van der Waals surface area contributed by atoms with Crippen LogP contribution in [0.4, 0.5) is 10.1 Å². The van der Waals surface area contributed by atoms with Gasteiger partial charge in [-0.05, 0) is 17.7 Å². The Morgan fingerprint density at radius 3 is 2.52 bits per heavy atom. The fourth-order valence-corrected chi connectivity index (χ4v) is 1.83. The second-order valence-corrected chi connectivity index (χ2v) is 4.30. The minimum Gasteiger partial charge on any atom is -0.489 e. The number of carbonyl (C=O) groups excluding carboxylic acids is 1. The number of nitro groups is 1. The van der Waals surface area contributed by atoms with E-state index in [2.05, 4.69) is 0 Å². The Morgan fingerprint density at radius 1 is 1.19 bits per heavy atom. The molecule has 0 N–H and O–H groups in total. The summed E-state index contributed by atoms with van der Waals surface area (Å²) in [6.45, 7) is 0.166. The first-order valence-corrected chi connectivity index (χ1v) is 6.21. The third-order valence-electron chi connectivity index (χ3n) is 2.91. The number of halogens is 1. The minimum absolute atomic E-state index is 0.0111. The van der Waals surface area contributed by atoms with E-state index in [0.29, 0.717) is 12.7 Å². The van der Waals surface area contributed by atoms with Crippen LogP contribution in [0.5, 0.6) is 5.75 Å².